The van der Waals surface area contributed by atoms with E-state index in [1.807, 2.05) is 22.6 Å². The van der Waals surface area contributed by atoms with Gasteiger partial charge in [0.2, 0.25) is 0 Å². The third kappa shape index (κ3) is 31.3. The van der Waals surface area contributed by atoms with Crippen molar-refractivity contribution in [3.8, 4) is 0 Å². The van der Waals surface area contributed by atoms with Crippen LogP contribution >= 0.6 is 45.2 Å². The van der Waals surface area contributed by atoms with Gasteiger partial charge in [-0.25, -0.2) is 14.4 Å². The zero-order valence-corrected chi connectivity index (χ0v) is 48.6. The number of nitrogens with zero attached hydrogens (tertiary/aromatic N) is 3. The SMILES string of the molecule is CC(C)C(OC(=O)c1ccc(I)cc1)C(F)(F)C(=O)[O-].CCOC(=O)C(F)(F)C(OC(=O)c1ccc(I)cc1)C(C)C.C[N+](C)(C)C.C[N+](C)(C)Cc1ccccc1.C[N+](C)(C)Cc1ccccc1.[Cl-].[OH-]. The molecule has 1 N–H and O–H groups in total. The molecule has 0 amide bonds. The second-order valence-corrected chi connectivity index (χ2v) is 22.5. The van der Waals surface area contributed by atoms with Crippen molar-refractivity contribution in [2.45, 2.75) is 71.8 Å². The maximum Gasteiger partial charge on any atom is 0.381 e. The number of halogens is 7. The molecule has 71 heavy (non-hydrogen) atoms. The number of hydrogen-bond acceptors (Lipinski definition) is 9. The Morgan fingerprint density at radius 3 is 1.07 bits per heavy atom. The van der Waals surface area contributed by atoms with Gasteiger partial charge in [0.25, 0.3) is 0 Å². The van der Waals surface area contributed by atoms with Crippen molar-refractivity contribution >= 4 is 69.1 Å². The van der Waals surface area contributed by atoms with E-state index in [2.05, 4.69) is 163 Å². The van der Waals surface area contributed by atoms with E-state index in [4.69, 9.17) is 4.74 Å². The minimum Gasteiger partial charge on any atom is -1.00 e. The largest absolute Gasteiger partial charge is 1.00 e. The normalized spacial score (nSPS) is 12.1. The Bertz CT molecular complexity index is 2080. The van der Waals surface area contributed by atoms with E-state index in [0.717, 1.165) is 33.7 Å². The third-order valence-electron chi connectivity index (χ3n) is 8.37. The Morgan fingerprint density at radius 2 is 0.831 bits per heavy atom. The minimum atomic E-state index is -4.24. The fraction of sp³-hybridized carbons (Fsp3) is 0.462. The molecule has 0 saturated carbocycles. The molecule has 0 aliphatic heterocycles. The zero-order chi connectivity index (χ0) is 53.6. The molecule has 0 aliphatic rings. The van der Waals surface area contributed by atoms with Crippen molar-refractivity contribution in [1.29, 1.82) is 0 Å². The number of aliphatic carboxylic acids is 1. The highest BCUT2D eigenvalue weighted by Gasteiger charge is 2.53. The Balaban J connectivity index is -0.000000863. The molecule has 2 unspecified atom stereocenters. The Morgan fingerprint density at radius 1 is 0.549 bits per heavy atom. The van der Waals surface area contributed by atoms with E-state index in [0.29, 0.717) is 0 Å². The molecule has 0 bridgehead atoms. The summed E-state index contributed by atoms with van der Waals surface area (Å²) >= 11 is 4.07. The summed E-state index contributed by atoms with van der Waals surface area (Å²) in [5.41, 5.74) is 3.02. The predicted octanol–water partition coefficient (Wildman–Crippen LogP) is 6.46. The zero-order valence-electron chi connectivity index (χ0n) is 43.5. The molecule has 4 rings (SSSR count). The molecule has 0 saturated heterocycles. The summed E-state index contributed by atoms with van der Waals surface area (Å²) in [5, 5.41) is 10.5. The second kappa shape index (κ2) is 33.0. The fourth-order valence-electron chi connectivity index (χ4n) is 5.52. The number of hydrogen-bond donors (Lipinski definition) is 0. The van der Waals surface area contributed by atoms with Crippen LogP contribution in [0.4, 0.5) is 17.6 Å². The molecule has 4 aromatic rings. The number of ether oxygens (including phenoxy) is 3. The quantitative estimate of drug-likeness (QED) is 0.0430. The van der Waals surface area contributed by atoms with Crippen LogP contribution in [0.3, 0.4) is 0 Å². The molecule has 0 aromatic heterocycles. The third-order valence-corrected chi connectivity index (χ3v) is 9.81. The number of rotatable bonds is 15. The molecular formula is C52H74ClF4I2N3O9. The maximum atomic E-state index is 14.1. The summed E-state index contributed by atoms with van der Waals surface area (Å²) in [4.78, 5) is 45.6. The van der Waals surface area contributed by atoms with Gasteiger partial charge >= 0.3 is 29.8 Å². The average Bonchev–Trinajstić information content (AvgIpc) is 3.21. The first-order valence-electron chi connectivity index (χ1n) is 22.1. The number of carbonyl (C=O) groups excluding carboxylic acids is 4. The van der Waals surface area contributed by atoms with Crippen molar-refractivity contribution in [2.24, 2.45) is 11.8 Å². The lowest BCUT2D eigenvalue weighted by molar-refractivity contribution is -0.884. The molecule has 4 aromatic carbocycles. The van der Waals surface area contributed by atoms with Crippen LogP contribution in [-0.2, 0) is 36.9 Å². The molecule has 0 spiro atoms. The summed E-state index contributed by atoms with van der Waals surface area (Å²) in [6.45, 7) is 9.01. The van der Waals surface area contributed by atoms with E-state index >= 15 is 0 Å². The topological polar surface area (TPSA) is 149 Å². The van der Waals surface area contributed by atoms with Gasteiger partial charge in [-0.05, 0) is 112 Å². The van der Waals surface area contributed by atoms with Gasteiger partial charge in [-0.15, -0.1) is 0 Å². The molecule has 0 aliphatic carbocycles. The van der Waals surface area contributed by atoms with E-state index in [-0.39, 0.29) is 35.6 Å². The fourth-order valence-corrected chi connectivity index (χ4v) is 6.24. The van der Waals surface area contributed by atoms with Gasteiger partial charge in [-0.3, -0.25) is 0 Å². The van der Waals surface area contributed by atoms with Crippen molar-refractivity contribution in [3.05, 3.63) is 139 Å². The minimum absolute atomic E-state index is 0. The first-order chi connectivity index (χ1) is 31.5. The summed E-state index contributed by atoms with van der Waals surface area (Å²) in [6, 6.07) is 33.5. The van der Waals surface area contributed by atoms with Gasteiger partial charge < -0.3 is 55.4 Å². The molecule has 12 nitrogen and oxygen atoms in total. The van der Waals surface area contributed by atoms with Crippen LogP contribution in [-0.4, -0.2) is 144 Å². The summed E-state index contributed by atoms with van der Waals surface area (Å²) < 4.78 is 73.8. The van der Waals surface area contributed by atoms with Gasteiger partial charge in [-0.1, -0.05) is 88.4 Å². The van der Waals surface area contributed by atoms with Crippen LogP contribution in [0.2, 0.25) is 0 Å². The molecule has 0 fully saturated rings. The Labute approximate surface area is 452 Å². The van der Waals surface area contributed by atoms with E-state index in [1.165, 1.54) is 70.0 Å². The number of benzene rings is 4. The monoisotopic (exact) mass is 1250 g/mol. The van der Waals surface area contributed by atoms with E-state index in [9.17, 15) is 41.8 Å². The number of carbonyl (C=O) groups is 4. The molecule has 0 radical (unpaired) electrons. The first kappa shape index (κ1) is 71.3. The molecular weight excluding hydrogens is 1180 g/mol. The van der Waals surface area contributed by atoms with Gasteiger partial charge in [0.1, 0.15) is 19.1 Å². The standard InChI is InChI=1S/C15H17F2IO4.C13H13F2IO4.2C10H16N.C4H12N.ClH.H2O/c1-4-21-14(20)15(16,17)12(9(2)3)22-13(19)10-5-7-11(18)8-6-10;1-7(2)10(13(14,15)12(18)19)20-11(17)8-3-5-9(16)6-4-8;2*1-11(2,3)9-10-7-5-4-6-8-10;1-5(2,3)4;;/h5-9,12H,4H2,1-3H3;3-7,10H,1-2H3,(H,18,19);2*4-8H,9H2,1-3H3;1-4H3;1H;1H2/q;;3*+1;;/p-3. The van der Waals surface area contributed by atoms with Gasteiger partial charge in [0.05, 0.1) is 88.2 Å². The lowest BCUT2D eigenvalue weighted by atomic mass is 10.0. The second-order valence-electron chi connectivity index (χ2n) is 20.0. The summed E-state index contributed by atoms with van der Waals surface area (Å²) in [5.74, 6) is -15.9. The highest BCUT2D eigenvalue weighted by molar-refractivity contribution is 14.1. The molecule has 2 atom stereocenters. The van der Waals surface area contributed by atoms with Crippen LogP contribution in [0.1, 0.15) is 66.5 Å². The number of alkyl halides is 4. The van der Waals surface area contributed by atoms with Crippen LogP contribution in [0, 0.1) is 19.0 Å². The predicted molar refractivity (Wildman–Crippen MR) is 280 cm³/mol. The van der Waals surface area contributed by atoms with E-state index in [1.54, 1.807) is 24.3 Å². The molecule has 19 heteroatoms. The first-order valence-corrected chi connectivity index (χ1v) is 24.2. The number of quaternary nitrogens is 3. The van der Waals surface area contributed by atoms with Crippen molar-refractivity contribution in [1.82, 2.24) is 0 Å². The van der Waals surface area contributed by atoms with Crippen molar-refractivity contribution in [3.63, 3.8) is 0 Å². The van der Waals surface area contributed by atoms with Gasteiger partial charge in [0, 0.05) is 18.3 Å². The number of carboxylic acids is 1. The highest BCUT2D eigenvalue weighted by Crippen LogP contribution is 2.30. The Hall–Kier alpha value is -3.93. The number of carboxylic acid groups (broad SMARTS) is 1. The lowest BCUT2D eigenvalue weighted by Gasteiger charge is -2.30. The maximum absolute atomic E-state index is 14.1. The van der Waals surface area contributed by atoms with Crippen LogP contribution in [0.25, 0.3) is 0 Å². The van der Waals surface area contributed by atoms with Crippen molar-refractivity contribution < 1.29 is 87.4 Å². The molecule has 0 heterocycles. The number of esters is 3. The van der Waals surface area contributed by atoms with Crippen LogP contribution in [0.15, 0.2) is 109 Å². The average molecular weight is 1250 g/mol. The summed E-state index contributed by atoms with van der Waals surface area (Å²) in [7, 11) is 21.7. The van der Waals surface area contributed by atoms with Crippen LogP contribution in [0.5, 0.6) is 0 Å². The summed E-state index contributed by atoms with van der Waals surface area (Å²) in [6.07, 6.45) is -3.97. The van der Waals surface area contributed by atoms with Gasteiger partial charge in [0.15, 0.2) is 12.2 Å². The highest BCUT2D eigenvalue weighted by atomic mass is 127. The smallest absolute Gasteiger partial charge is 0.381 e. The van der Waals surface area contributed by atoms with Crippen molar-refractivity contribution in [2.75, 3.05) is 77.1 Å². The van der Waals surface area contributed by atoms with Crippen LogP contribution < -0.4 is 17.5 Å². The van der Waals surface area contributed by atoms with E-state index < -0.39 is 59.8 Å². The van der Waals surface area contributed by atoms with Gasteiger partial charge in [-0.2, -0.15) is 17.6 Å². The molecule has 400 valence electrons. The Kier molecular flexibility index (Phi) is 33.2. The lowest BCUT2D eigenvalue weighted by Crippen LogP contribution is -3.00.